The zero-order valence-corrected chi connectivity index (χ0v) is 13.2. The van der Waals surface area contributed by atoms with E-state index in [1.807, 2.05) is 12.3 Å². The van der Waals surface area contributed by atoms with E-state index in [1.165, 1.54) is 16.5 Å². The van der Waals surface area contributed by atoms with Crippen LogP contribution in [0.15, 0.2) is 67.1 Å². The minimum Gasteiger partial charge on any atom is -0.361 e. The molecule has 1 aliphatic heterocycles. The molecule has 24 heavy (non-hydrogen) atoms. The van der Waals surface area contributed by atoms with E-state index >= 15 is 0 Å². The number of aromatic nitrogens is 3. The van der Waals surface area contributed by atoms with E-state index in [2.05, 4.69) is 74.7 Å². The monoisotopic (exact) mass is 314 g/mol. The van der Waals surface area contributed by atoms with Gasteiger partial charge in [0.05, 0.1) is 5.69 Å². The van der Waals surface area contributed by atoms with Gasteiger partial charge in [0.1, 0.15) is 5.82 Å². The van der Waals surface area contributed by atoms with Crippen molar-refractivity contribution in [2.75, 3.05) is 11.4 Å². The van der Waals surface area contributed by atoms with Crippen LogP contribution in [0.5, 0.6) is 0 Å². The maximum Gasteiger partial charge on any atom is 0.120 e. The van der Waals surface area contributed by atoms with E-state index in [1.54, 1.807) is 0 Å². The van der Waals surface area contributed by atoms with Gasteiger partial charge in [-0.1, -0.05) is 24.3 Å². The SMILES string of the molecule is C1=CN(c2[nH]cc(-c3ccc[nH]3)c2-c2cc3ccccc3[nH]2)CC1. The molecule has 3 aromatic heterocycles. The third-order valence-corrected chi connectivity index (χ3v) is 4.66. The van der Waals surface area contributed by atoms with Crippen LogP contribution in [-0.2, 0) is 0 Å². The van der Waals surface area contributed by atoms with Gasteiger partial charge in [-0.15, -0.1) is 0 Å². The maximum atomic E-state index is 3.58. The van der Waals surface area contributed by atoms with Gasteiger partial charge in [0.2, 0.25) is 0 Å². The van der Waals surface area contributed by atoms with Crippen molar-refractivity contribution in [3.05, 3.63) is 67.1 Å². The molecule has 118 valence electrons. The summed E-state index contributed by atoms with van der Waals surface area (Å²) < 4.78 is 0. The van der Waals surface area contributed by atoms with Crippen molar-refractivity contribution in [2.45, 2.75) is 6.42 Å². The molecule has 0 atom stereocenters. The highest BCUT2D eigenvalue weighted by atomic mass is 15.2. The summed E-state index contributed by atoms with van der Waals surface area (Å²) in [6.45, 7) is 1.01. The third-order valence-electron chi connectivity index (χ3n) is 4.66. The topological polar surface area (TPSA) is 50.6 Å². The first-order chi connectivity index (χ1) is 11.9. The average Bonchev–Trinajstić information content (AvgIpc) is 3.40. The lowest BCUT2D eigenvalue weighted by Gasteiger charge is -2.16. The van der Waals surface area contributed by atoms with Gasteiger partial charge in [-0.2, -0.15) is 0 Å². The second-order valence-corrected chi connectivity index (χ2v) is 6.15. The summed E-state index contributed by atoms with van der Waals surface area (Å²) in [5.41, 5.74) is 5.81. The zero-order chi connectivity index (χ0) is 15.9. The fraction of sp³-hybridized carbons (Fsp3) is 0.100. The standard InChI is InChI=1S/C20H18N4/c1-2-7-16-14(6-1)12-18(23-16)19-15(17-8-5-9-21-17)13-22-20(19)24-10-3-4-11-24/h1-3,5-10,12-13,21-23H,4,11H2. The van der Waals surface area contributed by atoms with Crippen LogP contribution in [0.1, 0.15) is 6.42 Å². The first-order valence-electron chi connectivity index (χ1n) is 8.27. The normalized spacial score (nSPS) is 14.1. The lowest BCUT2D eigenvalue weighted by molar-refractivity contribution is 0.981. The number of para-hydroxylation sites is 1. The van der Waals surface area contributed by atoms with Gasteiger partial charge in [0.25, 0.3) is 0 Å². The van der Waals surface area contributed by atoms with E-state index in [0.29, 0.717) is 0 Å². The van der Waals surface area contributed by atoms with Gasteiger partial charge >= 0.3 is 0 Å². The van der Waals surface area contributed by atoms with Crippen LogP contribution in [0.2, 0.25) is 0 Å². The van der Waals surface area contributed by atoms with Crippen molar-refractivity contribution in [1.29, 1.82) is 0 Å². The summed E-state index contributed by atoms with van der Waals surface area (Å²) in [5.74, 6) is 1.14. The number of nitrogens with one attached hydrogen (secondary N) is 3. The van der Waals surface area contributed by atoms with Gasteiger partial charge in [-0.05, 0) is 30.7 Å². The smallest absolute Gasteiger partial charge is 0.120 e. The Bertz CT molecular complexity index is 984. The summed E-state index contributed by atoms with van der Waals surface area (Å²) in [6.07, 6.45) is 9.52. The van der Waals surface area contributed by atoms with E-state index in [9.17, 15) is 0 Å². The molecular formula is C20H18N4. The van der Waals surface area contributed by atoms with Gasteiger partial charge in [0.15, 0.2) is 0 Å². The molecule has 0 spiro atoms. The molecule has 0 radical (unpaired) electrons. The minimum atomic E-state index is 1.01. The van der Waals surface area contributed by atoms with Crippen molar-refractivity contribution in [1.82, 2.24) is 15.0 Å². The second-order valence-electron chi connectivity index (χ2n) is 6.15. The Hall–Kier alpha value is -3.14. The molecular weight excluding hydrogens is 296 g/mol. The van der Waals surface area contributed by atoms with E-state index < -0.39 is 0 Å². The predicted molar refractivity (Wildman–Crippen MR) is 99.0 cm³/mol. The van der Waals surface area contributed by atoms with Crippen molar-refractivity contribution < 1.29 is 0 Å². The van der Waals surface area contributed by atoms with Crippen molar-refractivity contribution >= 4 is 16.7 Å². The number of aromatic amines is 3. The quantitative estimate of drug-likeness (QED) is 0.496. The van der Waals surface area contributed by atoms with Gasteiger partial charge in [-0.3, -0.25) is 0 Å². The molecule has 0 unspecified atom stereocenters. The highest BCUT2D eigenvalue weighted by Gasteiger charge is 2.21. The highest BCUT2D eigenvalue weighted by molar-refractivity contribution is 5.95. The molecule has 0 fully saturated rings. The van der Waals surface area contributed by atoms with Crippen molar-refractivity contribution in [3.63, 3.8) is 0 Å². The van der Waals surface area contributed by atoms with E-state index in [0.717, 1.165) is 35.7 Å². The summed E-state index contributed by atoms with van der Waals surface area (Å²) >= 11 is 0. The highest BCUT2D eigenvalue weighted by Crippen LogP contribution is 2.40. The fourth-order valence-corrected chi connectivity index (χ4v) is 3.51. The van der Waals surface area contributed by atoms with Gasteiger partial charge in [-0.25, -0.2) is 0 Å². The molecule has 5 rings (SSSR count). The Morgan fingerprint density at radius 1 is 0.958 bits per heavy atom. The van der Waals surface area contributed by atoms with E-state index in [4.69, 9.17) is 0 Å². The Morgan fingerprint density at radius 2 is 1.92 bits per heavy atom. The number of fused-ring (bicyclic) bond motifs is 1. The Balaban J connectivity index is 1.74. The first-order valence-corrected chi connectivity index (χ1v) is 8.27. The molecule has 4 heteroatoms. The van der Waals surface area contributed by atoms with Crippen LogP contribution in [0, 0.1) is 0 Å². The maximum absolute atomic E-state index is 3.58. The molecule has 1 aromatic carbocycles. The summed E-state index contributed by atoms with van der Waals surface area (Å²) in [6, 6.07) is 14.8. The molecule has 0 saturated heterocycles. The molecule has 0 amide bonds. The summed E-state index contributed by atoms with van der Waals surface area (Å²) in [4.78, 5) is 12.7. The molecule has 4 heterocycles. The Kier molecular flexibility index (Phi) is 2.88. The van der Waals surface area contributed by atoms with Crippen LogP contribution in [-0.4, -0.2) is 21.5 Å². The lowest BCUT2D eigenvalue weighted by atomic mass is 10.1. The predicted octanol–water partition coefficient (Wildman–Crippen LogP) is 4.88. The summed E-state index contributed by atoms with van der Waals surface area (Å²) in [5, 5.41) is 1.23. The Labute approximate surface area is 139 Å². The summed E-state index contributed by atoms with van der Waals surface area (Å²) in [7, 11) is 0. The number of hydrogen-bond acceptors (Lipinski definition) is 1. The number of nitrogens with zero attached hydrogens (tertiary/aromatic N) is 1. The average molecular weight is 314 g/mol. The lowest BCUT2D eigenvalue weighted by Crippen LogP contribution is -2.13. The van der Waals surface area contributed by atoms with Crippen LogP contribution in [0.3, 0.4) is 0 Å². The van der Waals surface area contributed by atoms with Crippen LogP contribution in [0.4, 0.5) is 5.82 Å². The van der Waals surface area contributed by atoms with Gasteiger partial charge in [0, 0.05) is 52.9 Å². The van der Waals surface area contributed by atoms with Crippen molar-refractivity contribution in [2.24, 2.45) is 0 Å². The first kappa shape index (κ1) is 13.3. The van der Waals surface area contributed by atoms with Crippen LogP contribution >= 0.6 is 0 Å². The van der Waals surface area contributed by atoms with Gasteiger partial charge < -0.3 is 19.9 Å². The molecule has 0 aliphatic carbocycles. The van der Waals surface area contributed by atoms with Crippen molar-refractivity contribution in [3.8, 4) is 22.5 Å². The molecule has 4 nitrogen and oxygen atoms in total. The number of benzene rings is 1. The van der Waals surface area contributed by atoms with E-state index in [-0.39, 0.29) is 0 Å². The second kappa shape index (κ2) is 5.20. The molecule has 1 aliphatic rings. The minimum absolute atomic E-state index is 1.01. The molecule has 0 bridgehead atoms. The fourth-order valence-electron chi connectivity index (χ4n) is 3.51. The van der Waals surface area contributed by atoms with Crippen LogP contribution in [0.25, 0.3) is 33.4 Å². The number of H-pyrrole nitrogens is 3. The number of anilines is 1. The van der Waals surface area contributed by atoms with Crippen LogP contribution < -0.4 is 4.90 Å². The zero-order valence-electron chi connectivity index (χ0n) is 13.2. The molecule has 3 N–H and O–H groups in total. The number of hydrogen-bond donors (Lipinski definition) is 3. The number of rotatable bonds is 3. The molecule has 0 saturated carbocycles. The largest absolute Gasteiger partial charge is 0.361 e. The third kappa shape index (κ3) is 2.00. The Morgan fingerprint density at radius 3 is 2.71 bits per heavy atom. The molecule has 4 aromatic rings.